The largest absolute Gasteiger partial charge is 0.328 e. The van der Waals surface area contributed by atoms with Crippen molar-refractivity contribution in [2.45, 2.75) is 6.92 Å². The van der Waals surface area contributed by atoms with Crippen LogP contribution < -0.4 is 11.0 Å². The number of nitrogens with one attached hydrogen (secondary N) is 1. The van der Waals surface area contributed by atoms with Gasteiger partial charge in [0.1, 0.15) is 6.54 Å². The molecule has 35 heavy (non-hydrogen) atoms. The number of carbonyl (C=O) groups is 3. The smallest absolute Gasteiger partial charge is 0.324 e. The molecule has 0 bridgehead atoms. The van der Waals surface area contributed by atoms with Crippen LogP contribution in [-0.4, -0.2) is 42.6 Å². The van der Waals surface area contributed by atoms with Gasteiger partial charge in [0, 0.05) is 30.9 Å². The number of halogens is 1. The number of amides is 3. The summed E-state index contributed by atoms with van der Waals surface area (Å²) in [7, 11) is 3.02. The number of thioether (sulfide) groups is 1. The normalized spacial score (nSPS) is 14.9. The minimum atomic E-state index is -0.756. The van der Waals surface area contributed by atoms with E-state index in [1.165, 1.54) is 41.4 Å². The molecular weight excluding hydrogens is 498 g/mol. The Bertz CT molecular complexity index is 1540. The molecule has 2 heterocycles. The molecule has 0 radical (unpaired) electrons. The van der Waals surface area contributed by atoms with Gasteiger partial charge in [-0.25, -0.2) is 4.79 Å². The van der Waals surface area contributed by atoms with Gasteiger partial charge in [-0.2, -0.15) is 0 Å². The van der Waals surface area contributed by atoms with Crippen LogP contribution in [0.2, 0.25) is 5.02 Å². The third-order valence-corrected chi connectivity index (χ3v) is 6.85. The van der Waals surface area contributed by atoms with Crippen LogP contribution in [0.4, 0.5) is 16.2 Å². The number of aromatic nitrogens is 2. The van der Waals surface area contributed by atoms with Crippen molar-refractivity contribution in [3.8, 4) is 0 Å². The molecule has 3 amide bonds. The topological polar surface area (TPSA) is 137 Å². The van der Waals surface area contributed by atoms with E-state index >= 15 is 0 Å². The number of aryl methyl sites for hydroxylation is 3. The molecule has 1 N–H and O–H groups in total. The first kappa shape index (κ1) is 24.2. The van der Waals surface area contributed by atoms with E-state index in [0.717, 1.165) is 10.5 Å². The van der Waals surface area contributed by atoms with Gasteiger partial charge in [-0.3, -0.25) is 38.5 Å². The average Bonchev–Trinajstić information content (AvgIpc) is 3.17. The summed E-state index contributed by atoms with van der Waals surface area (Å²) < 4.78 is 2.60. The number of imidazole rings is 1. The van der Waals surface area contributed by atoms with Crippen LogP contribution in [0.15, 0.2) is 40.0 Å². The van der Waals surface area contributed by atoms with E-state index in [-0.39, 0.29) is 21.8 Å². The van der Waals surface area contributed by atoms with Gasteiger partial charge < -0.3 is 5.32 Å². The van der Waals surface area contributed by atoms with Crippen LogP contribution in [0.5, 0.6) is 0 Å². The summed E-state index contributed by atoms with van der Waals surface area (Å²) >= 11 is 6.62. The van der Waals surface area contributed by atoms with Crippen molar-refractivity contribution in [2.75, 3.05) is 11.9 Å². The van der Waals surface area contributed by atoms with Gasteiger partial charge in [0.15, 0.2) is 0 Å². The molecule has 0 atom stereocenters. The van der Waals surface area contributed by atoms with Gasteiger partial charge in [-0.15, -0.1) is 0 Å². The van der Waals surface area contributed by atoms with E-state index in [9.17, 15) is 29.3 Å². The quantitative estimate of drug-likeness (QED) is 0.312. The number of hydrogen-bond donors (Lipinski definition) is 1. The first-order chi connectivity index (χ1) is 16.5. The number of benzene rings is 2. The molecule has 1 saturated heterocycles. The van der Waals surface area contributed by atoms with Crippen LogP contribution in [-0.2, 0) is 23.7 Å². The number of rotatable bonds is 5. The van der Waals surface area contributed by atoms with E-state index < -0.39 is 28.5 Å². The van der Waals surface area contributed by atoms with E-state index in [1.807, 2.05) is 0 Å². The maximum absolute atomic E-state index is 12.9. The highest BCUT2D eigenvalue weighted by atomic mass is 35.5. The Morgan fingerprint density at radius 3 is 2.43 bits per heavy atom. The number of nitro benzene ring substituents is 1. The van der Waals surface area contributed by atoms with Crippen molar-refractivity contribution in [3.05, 3.63) is 72.0 Å². The molecule has 1 aromatic heterocycles. The summed E-state index contributed by atoms with van der Waals surface area (Å²) in [5, 5.41) is 14.0. The zero-order valence-electron chi connectivity index (χ0n) is 18.7. The molecule has 2 aromatic carbocycles. The number of carbonyl (C=O) groups excluding carboxylic acids is 3. The number of imide groups is 1. The molecule has 180 valence electrons. The molecule has 13 heteroatoms. The summed E-state index contributed by atoms with van der Waals surface area (Å²) in [5.74, 6) is -1.37. The van der Waals surface area contributed by atoms with E-state index in [0.29, 0.717) is 33.5 Å². The standard InChI is InChI=1S/C22H18ClN5O6S/c1-11-4-5-13(8-14(11)23)24-19(29)10-27-20(30)18(35-22(27)32)7-12-6-16-17(9-15(12)28(33)34)26(3)21(31)25(16)2/h4-9H,10H2,1-3H3,(H,24,29)/b18-7-. The molecular formula is C22H18ClN5O6S. The molecule has 1 fully saturated rings. The molecule has 0 aliphatic carbocycles. The highest BCUT2D eigenvalue weighted by molar-refractivity contribution is 8.18. The lowest BCUT2D eigenvalue weighted by molar-refractivity contribution is -0.385. The number of nitrogens with zero attached hydrogens (tertiary/aromatic N) is 4. The van der Waals surface area contributed by atoms with Crippen molar-refractivity contribution >= 4 is 68.9 Å². The van der Waals surface area contributed by atoms with Crippen molar-refractivity contribution in [1.82, 2.24) is 14.0 Å². The maximum atomic E-state index is 12.9. The summed E-state index contributed by atoms with van der Waals surface area (Å²) in [6, 6.07) is 7.56. The SMILES string of the molecule is Cc1ccc(NC(=O)CN2C(=O)S/C(=C\c3cc4c(cc3[N+](=O)[O-])n(C)c(=O)n4C)C2=O)cc1Cl. The minimum absolute atomic E-state index is 0.0490. The first-order valence-corrected chi connectivity index (χ1v) is 11.3. The summed E-state index contributed by atoms with van der Waals surface area (Å²) in [4.78, 5) is 61.7. The molecule has 4 rings (SSSR count). The molecule has 0 unspecified atom stereocenters. The fourth-order valence-electron chi connectivity index (χ4n) is 3.62. The van der Waals surface area contributed by atoms with Crippen LogP contribution in [0.25, 0.3) is 17.1 Å². The highest BCUT2D eigenvalue weighted by Gasteiger charge is 2.37. The Morgan fingerprint density at radius 2 is 1.80 bits per heavy atom. The van der Waals surface area contributed by atoms with E-state index in [1.54, 1.807) is 25.1 Å². The Balaban J connectivity index is 1.62. The molecule has 3 aromatic rings. The van der Waals surface area contributed by atoms with Gasteiger partial charge >= 0.3 is 5.69 Å². The summed E-state index contributed by atoms with van der Waals surface area (Å²) in [6.45, 7) is 1.27. The van der Waals surface area contributed by atoms with Crippen molar-refractivity contribution in [1.29, 1.82) is 0 Å². The van der Waals surface area contributed by atoms with Gasteiger partial charge in [-0.1, -0.05) is 17.7 Å². The van der Waals surface area contributed by atoms with Gasteiger partial charge in [0.2, 0.25) is 5.91 Å². The lowest BCUT2D eigenvalue weighted by atomic mass is 10.1. The number of hydrogen-bond acceptors (Lipinski definition) is 7. The fraction of sp³-hybridized carbons (Fsp3) is 0.182. The lowest BCUT2D eigenvalue weighted by Crippen LogP contribution is -2.36. The third kappa shape index (κ3) is 4.45. The molecule has 0 spiro atoms. The van der Waals surface area contributed by atoms with Crippen LogP contribution in [0.3, 0.4) is 0 Å². The second-order valence-electron chi connectivity index (χ2n) is 7.84. The number of nitro groups is 1. The van der Waals surface area contributed by atoms with Gasteiger partial charge in [0.05, 0.1) is 26.4 Å². The molecule has 11 nitrogen and oxygen atoms in total. The summed E-state index contributed by atoms with van der Waals surface area (Å²) in [5.41, 5.74) is 1.35. The van der Waals surface area contributed by atoms with Crippen LogP contribution >= 0.6 is 23.4 Å². The zero-order chi connectivity index (χ0) is 25.6. The highest BCUT2D eigenvalue weighted by Crippen LogP contribution is 2.35. The molecule has 1 aliphatic heterocycles. The Kier molecular flexibility index (Phi) is 6.26. The monoisotopic (exact) mass is 515 g/mol. The predicted octanol–water partition coefficient (Wildman–Crippen LogP) is 3.42. The Morgan fingerprint density at radius 1 is 1.14 bits per heavy atom. The third-order valence-electron chi connectivity index (χ3n) is 5.53. The number of fused-ring (bicyclic) bond motifs is 1. The predicted molar refractivity (Wildman–Crippen MR) is 132 cm³/mol. The summed E-state index contributed by atoms with van der Waals surface area (Å²) in [6.07, 6.45) is 1.22. The van der Waals surface area contributed by atoms with Crippen molar-refractivity contribution in [3.63, 3.8) is 0 Å². The van der Waals surface area contributed by atoms with Gasteiger partial charge in [-0.05, 0) is 48.5 Å². The van der Waals surface area contributed by atoms with Crippen molar-refractivity contribution in [2.24, 2.45) is 14.1 Å². The number of anilines is 1. The Labute approximate surface area is 207 Å². The van der Waals surface area contributed by atoms with Crippen LogP contribution in [0, 0.1) is 17.0 Å². The Hall–Kier alpha value is -3.90. The van der Waals surface area contributed by atoms with Crippen molar-refractivity contribution < 1.29 is 19.3 Å². The minimum Gasteiger partial charge on any atom is -0.324 e. The molecule has 0 saturated carbocycles. The lowest BCUT2D eigenvalue weighted by Gasteiger charge is -2.13. The van der Waals surface area contributed by atoms with E-state index in [4.69, 9.17) is 11.6 Å². The second-order valence-corrected chi connectivity index (χ2v) is 9.24. The first-order valence-electron chi connectivity index (χ1n) is 10.1. The maximum Gasteiger partial charge on any atom is 0.328 e. The fourth-order valence-corrected chi connectivity index (χ4v) is 4.63. The van der Waals surface area contributed by atoms with Gasteiger partial charge in [0.25, 0.3) is 16.8 Å². The molecule has 1 aliphatic rings. The average molecular weight is 516 g/mol. The zero-order valence-corrected chi connectivity index (χ0v) is 20.3. The van der Waals surface area contributed by atoms with E-state index in [2.05, 4.69) is 5.32 Å². The van der Waals surface area contributed by atoms with Crippen LogP contribution in [0.1, 0.15) is 11.1 Å². The second kappa shape index (κ2) is 9.04.